The summed E-state index contributed by atoms with van der Waals surface area (Å²) < 4.78 is 0. The van der Waals surface area contributed by atoms with Crippen LogP contribution in [0.2, 0.25) is 5.15 Å². The normalized spacial score (nSPS) is 17.8. The van der Waals surface area contributed by atoms with Gasteiger partial charge in [-0.05, 0) is 25.0 Å². The molecule has 15 heavy (non-hydrogen) atoms. The molecule has 4 nitrogen and oxygen atoms in total. The fourth-order valence-electron chi connectivity index (χ4n) is 1.70. The second kappa shape index (κ2) is 4.57. The van der Waals surface area contributed by atoms with Crippen LogP contribution in [-0.4, -0.2) is 29.6 Å². The van der Waals surface area contributed by atoms with Crippen molar-refractivity contribution in [1.29, 1.82) is 0 Å². The van der Waals surface area contributed by atoms with Crippen molar-refractivity contribution in [3.05, 3.63) is 17.3 Å². The van der Waals surface area contributed by atoms with Crippen LogP contribution in [0.15, 0.2) is 12.1 Å². The van der Waals surface area contributed by atoms with Crippen molar-refractivity contribution in [2.24, 2.45) is 5.92 Å². The maximum atomic E-state index is 10.5. The highest BCUT2D eigenvalue weighted by atomic mass is 35.5. The minimum absolute atomic E-state index is 0.0847. The van der Waals surface area contributed by atoms with E-state index in [-0.39, 0.29) is 5.92 Å². The minimum atomic E-state index is 0.0847. The molecule has 0 aromatic carbocycles. The molecule has 1 fully saturated rings. The van der Waals surface area contributed by atoms with Gasteiger partial charge in [0.25, 0.3) is 0 Å². The fourth-order valence-corrected chi connectivity index (χ4v) is 1.80. The van der Waals surface area contributed by atoms with Gasteiger partial charge in [0.1, 0.15) is 0 Å². The lowest BCUT2D eigenvalue weighted by Crippen LogP contribution is -2.34. The van der Waals surface area contributed by atoms with E-state index in [4.69, 9.17) is 11.6 Å². The fraction of sp³-hybridized carbons (Fsp3) is 0.500. The number of nitrogens with zero attached hydrogens (tertiary/aromatic N) is 3. The van der Waals surface area contributed by atoms with Crippen molar-refractivity contribution in [2.45, 2.75) is 12.8 Å². The number of aromatic nitrogens is 2. The Morgan fingerprint density at radius 2 is 2.07 bits per heavy atom. The van der Waals surface area contributed by atoms with Crippen LogP contribution in [-0.2, 0) is 4.79 Å². The van der Waals surface area contributed by atoms with Crippen molar-refractivity contribution in [3.63, 3.8) is 0 Å². The summed E-state index contributed by atoms with van der Waals surface area (Å²) in [7, 11) is 0. The smallest absolute Gasteiger partial charge is 0.201 e. The molecule has 0 unspecified atom stereocenters. The number of hydrogen-bond donors (Lipinski definition) is 0. The lowest BCUT2D eigenvalue weighted by molar-refractivity contribution is 0.456. The van der Waals surface area contributed by atoms with Crippen molar-refractivity contribution in [2.75, 3.05) is 18.0 Å². The minimum Gasteiger partial charge on any atom is -0.355 e. The van der Waals surface area contributed by atoms with Crippen LogP contribution >= 0.6 is 11.6 Å². The van der Waals surface area contributed by atoms with Crippen LogP contribution in [0.3, 0.4) is 0 Å². The molecule has 0 bridgehead atoms. The van der Waals surface area contributed by atoms with Gasteiger partial charge in [-0.15, -0.1) is 10.2 Å². The highest BCUT2D eigenvalue weighted by Crippen LogP contribution is 2.20. The molecule has 1 aromatic heterocycles. The molecule has 0 atom stereocenters. The zero-order chi connectivity index (χ0) is 10.7. The molecule has 2 heterocycles. The molecule has 1 radical (unpaired) electrons. The zero-order valence-corrected chi connectivity index (χ0v) is 8.94. The Balaban J connectivity index is 2.01. The van der Waals surface area contributed by atoms with Gasteiger partial charge < -0.3 is 4.90 Å². The van der Waals surface area contributed by atoms with Crippen LogP contribution in [0.1, 0.15) is 12.8 Å². The van der Waals surface area contributed by atoms with E-state index in [2.05, 4.69) is 21.4 Å². The van der Waals surface area contributed by atoms with E-state index < -0.39 is 0 Å². The van der Waals surface area contributed by atoms with Gasteiger partial charge in [-0.1, -0.05) is 11.6 Å². The van der Waals surface area contributed by atoms with E-state index in [1.165, 1.54) is 0 Å². The number of anilines is 1. The van der Waals surface area contributed by atoms with E-state index in [1.807, 2.05) is 6.07 Å². The second-order valence-electron chi connectivity index (χ2n) is 3.59. The summed E-state index contributed by atoms with van der Waals surface area (Å²) in [6.07, 6.45) is 3.73. The Morgan fingerprint density at radius 1 is 1.33 bits per heavy atom. The molecule has 0 saturated carbocycles. The maximum Gasteiger partial charge on any atom is 0.201 e. The summed E-state index contributed by atoms with van der Waals surface area (Å²) >= 11 is 5.65. The first kappa shape index (κ1) is 10.4. The number of piperidine rings is 1. The summed E-state index contributed by atoms with van der Waals surface area (Å²) in [4.78, 5) is 12.6. The van der Waals surface area contributed by atoms with Crippen molar-refractivity contribution < 1.29 is 4.79 Å². The molecule has 2 rings (SSSR count). The zero-order valence-electron chi connectivity index (χ0n) is 8.19. The van der Waals surface area contributed by atoms with E-state index in [0.717, 1.165) is 31.7 Å². The third-order valence-corrected chi connectivity index (χ3v) is 2.81. The van der Waals surface area contributed by atoms with Gasteiger partial charge in [-0.2, -0.15) is 0 Å². The summed E-state index contributed by atoms with van der Waals surface area (Å²) in [5.74, 6) is 0.908. The molecule has 1 aromatic rings. The van der Waals surface area contributed by atoms with Gasteiger partial charge in [-0.25, -0.2) is 0 Å². The van der Waals surface area contributed by atoms with Crippen molar-refractivity contribution in [3.8, 4) is 0 Å². The Hall–Kier alpha value is -1.16. The largest absolute Gasteiger partial charge is 0.355 e. The SMILES string of the molecule is O=[C]C1CCN(c2ccc(Cl)nn2)CC1. The van der Waals surface area contributed by atoms with E-state index in [9.17, 15) is 4.79 Å². The van der Waals surface area contributed by atoms with E-state index >= 15 is 0 Å². The van der Waals surface area contributed by atoms with Crippen LogP contribution in [0.25, 0.3) is 0 Å². The monoisotopic (exact) mass is 224 g/mol. The summed E-state index contributed by atoms with van der Waals surface area (Å²) in [6.45, 7) is 1.66. The molecule has 1 aliphatic rings. The molecule has 0 spiro atoms. The Morgan fingerprint density at radius 3 is 2.60 bits per heavy atom. The first-order valence-corrected chi connectivity index (χ1v) is 5.29. The third-order valence-electron chi connectivity index (χ3n) is 2.60. The van der Waals surface area contributed by atoms with Crippen LogP contribution in [0, 0.1) is 5.92 Å². The van der Waals surface area contributed by atoms with Gasteiger partial charge in [0.15, 0.2) is 11.0 Å². The summed E-state index contributed by atoms with van der Waals surface area (Å²) in [5.41, 5.74) is 0. The molecule has 1 saturated heterocycles. The van der Waals surface area contributed by atoms with E-state index in [0.29, 0.717) is 5.15 Å². The van der Waals surface area contributed by atoms with Crippen LogP contribution in [0.4, 0.5) is 5.82 Å². The van der Waals surface area contributed by atoms with Crippen LogP contribution < -0.4 is 4.90 Å². The molecular formula is C10H11ClN3O. The average Bonchev–Trinajstić information content (AvgIpc) is 2.30. The predicted octanol–water partition coefficient (Wildman–Crippen LogP) is 1.46. The van der Waals surface area contributed by atoms with Gasteiger partial charge in [0.05, 0.1) is 0 Å². The first-order valence-electron chi connectivity index (χ1n) is 4.91. The van der Waals surface area contributed by atoms with Gasteiger partial charge in [0.2, 0.25) is 6.29 Å². The first-order chi connectivity index (χ1) is 7.29. The number of hydrogen-bond acceptors (Lipinski definition) is 4. The highest BCUT2D eigenvalue weighted by Gasteiger charge is 2.20. The predicted molar refractivity (Wildman–Crippen MR) is 57.7 cm³/mol. The Labute approximate surface area is 93.2 Å². The van der Waals surface area contributed by atoms with Crippen molar-refractivity contribution >= 4 is 23.7 Å². The number of halogens is 1. The standard InChI is InChI=1S/C10H11ClN3O/c11-9-1-2-10(13-12-9)14-5-3-8(7-15)4-6-14/h1-2,8H,3-6H2. The molecular weight excluding hydrogens is 214 g/mol. The summed E-state index contributed by atoms with van der Waals surface area (Å²) in [6, 6.07) is 3.57. The molecule has 0 amide bonds. The van der Waals surface area contributed by atoms with Crippen molar-refractivity contribution in [1.82, 2.24) is 10.2 Å². The quantitative estimate of drug-likeness (QED) is 0.763. The van der Waals surface area contributed by atoms with Gasteiger partial charge in [0, 0.05) is 19.0 Å². The number of rotatable bonds is 2. The van der Waals surface area contributed by atoms with Gasteiger partial charge in [-0.3, -0.25) is 4.79 Å². The Kier molecular flexibility index (Phi) is 3.16. The maximum absolute atomic E-state index is 10.5. The molecule has 79 valence electrons. The van der Waals surface area contributed by atoms with Crippen LogP contribution in [0.5, 0.6) is 0 Å². The third kappa shape index (κ3) is 2.45. The molecule has 5 heteroatoms. The summed E-state index contributed by atoms with van der Waals surface area (Å²) in [5, 5.41) is 8.19. The van der Waals surface area contributed by atoms with Gasteiger partial charge >= 0.3 is 0 Å². The average molecular weight is 225 g/mol. The molecule has 1 aliphatic heterocycles. The Bertz CT molecular complexity index is 333. The topological polar surface area (TPSA) is 46.1 Å². The lowest BCUT2D eigenvalue weighted by Gasteiger charge is -2.29. The number of carbonyl (C=O) groups excluding carboxylic acids is 1. The molecule has 0 N–H and O–H groups in total. The second-order valence-corrected chi connectivity index (χ2v) is 3.98. The molecule has 0 aliphatic carbocycles. The highest BCUT2D eigenvalue weighted by molar-refractivity contribution is 6.29. The van der Waals surface area contributed by atoms with E-state index in [1.54, 1.807) is 6.07 Å². The lowest BCUT2D eigenvalue weighted by atomic mass is 9.99.